The van der Waals surface area contributed by atoms with Crippen molar-refractivity contribution in [3.05, 3.63) is 168 Å². The Bertz CT molecular complexity index is 2380. The predicted molar refractivity (Wildman–Crippen MR) is 198 cm³/mol. The zero-order valence-electron chi connectivity index (χ0n) is 28.4. The number of hydrogen-bond acceptors (Lipinski definition) is 6. The van der Waals surface area contributed by atoms with Crippen LogP contribution in [0.15, 0.2) is 146 Å². The SMILES string of the molecule is CC(C)(c1ccccc1)c1cc(-n2nc3ccccc3n2)c(O)c(C(C)(C)c2ccccc2)c1.Oc1ccccc1-n1nnc2ccccc21. The number of aromatic hydroxyl groups is 2. The summed E-state index contributed by atoms with van der Waals surface area (Å²) in [6.07, 6.45) is 0. The minimum absolute atomic E-state index is 0.193. The largest absolute Gasteiger partial charge is 0.506 e. The Kier molecular flexibility index (Phi) is 8.37. The van der Waals surface area contributed by atoms with Gasteiger partial charge in [0.1, 0.15) is 39.4 Å². The lowest BCUT2D eigenvalue weighted by Gasteiger charge is -2.32. The molecule has 8 rings (SSSR count). The van der Waals surface area contributed by atoms with Gasteiger partial charge in [0.15, 0.2) is 0 Å². The van der Waals surface area contributed by atoms with E-state index in [2.05, 4.69) is 90.7 Å². The van der Waals surface area contributed by atoms with E-state index < -0.39 is 5.41 Å². The first kappa shape index (κ1) is 32.3. The quantitative estimate of drug-likeness (QED) is 0.185. The number of aromatic nitrogens is 6. The van der Waals surface area contributed by atoms with Gasteiger partial charge in [-0.3, -0.25) is 0 Å². The molecule has 0 bridgehead atoms. The lowest BCUT2D eigenvalue weighted by Crippen LogP contribution is -2.24. The highest BCUT2D eigenvalue weighted by atomic mass is 16.3. The molecule has 8 nitrogen and oxygen atoms in total. The summed E-state index contributed by atoms with van der Waals surface area (Å²) < 4.78 is 1.63. The Hall–Kier alpha value is -6.28. The first-order valence-electron chi connectivity index (χ1n) is 16.5. The molecule has 0 aliphatic carbocycles. The second-order valence-corrected chi connectivity index (χ2v) is 13.3. The van der Waals surface area contributed by atoms with Crippen molar-refractivity contribution in [3.8, 4) is 22.9 Å². The van der Waals surface area contributed by atoms with Crippen molar-refractivity contribution >= 4 is 22.1 Å². The van der Waals surface area contributed by atoms with Crippen LogP contribution in [-0.2, 0) is 10.8 Å². The second kappa shape index (κ2) is 13.0. The molecule has 0 saturated heterocycles. The van der Waals surface area contributed by atoms with Crippen LogP contribution in [0.3, 0.4) is 0 Å². The van der Waals surface area contributed by atoms with Crippen molar-refractivity contribution in [1.29, 1.82) is 0 Å². The Morgan fingerprint density at radius 2 is 1.02 bits per heavy atom. The maximum atomic E-state index is 11.6. The molecule has 2 aromatic heterocycles. The van der Waals surface area contributed by atoms with E-state index in [1.165, 1.54) is 5.56 Å². The maximum absolute atomic E-state index is 11.6. The fourth-order valence-electron chi connectivity index (χ4n) is 6.30. The van der Waals surface area contributed by atoms with Gasteiger partial charge >= 0.3 is 0 Å². The number of rotatable bonds is 6. The Labute approximate surface area is 290 Å². The van der Waals surface area contributed by atoms with E-state index in [1.807, 2.05) is 84.9 Å². The van der Waals surface area contributed by atoms with Crippen molar-refractivity contribution in [2.75, 3.05) is 0 Å². The number of phenols is 2. The summed E-state index contributed by atoms with van der Waals surface area (Å²) in [6.45, 7) is 8.72. The molecular formula is C42H38N6O2. The summed E-state index contributed by atoms with van der Waals surface area (Å²) in [5, 5.41) is 38.8. The van der Waals surface area contributed by atoms with Gasteiger partial charge in [0.2, 0.25) is 0 Å². The van der Waals surface area contributed by atoms with E-state index in [4.69, 9.17) is 0 Å². The van der Waals surface area contributed by atoms with Gasteiger partial charge in [0.05, 0.1) is 5.52 Å². The van der Waals surface area contributed by atoms with Gasteiger partial charge in [-0.2, -0.15) is 0 Å². The van der Waals surface area contributed by atoms with Gasteiger partial charge in [0, 0.05) is 16.4 Å². The first-order chi connectivity index (χ1) is 24.1. The Balaban J connectivity index is 0.000000203. The molecule has 0 unspecified atom stereocenters. The third kappa shape index (κ3) is 5.96. The molecule has 50 heavy (non-hydrogen) atoms. The summed E-state index contributed by atoms with van der Waals surface area (Å²) >= 11 is 0. The van der Waals surface area contributed by atoms with Crippen molar-refractivity contribution < 1.29 is 10.2 Å². The molecule has 0 spiro atoms. The molecular weight excluding hydrogens is 621 g/mol. The third-order valence-corrected chi connectivity index (χ3v) is 9.44. The standard InChI is InChI=1S/C30H29N3O.C12H9N3O/c1-29(2,21-13-7-5-8-14-21)23-19-24(30(3,4)22-15-9-6-10-16-22)28(34)27(20-23)33-31-25-17-11-12-18-26(25)32-33;16-12-8-4-3-7-11(12)15-10-6-2-1-5-9(10)13-14-15/h5-20,34H,1-4H3;1-8,16H. The van der Waals surface area contributed by atoms with E-state index in [1.54, 1.807) is 27.7 Å². The monoisotopic (exact) mass is 658 g/mol. The Morgan fingerprint density at radius 1 is 0.500 bits per heavy atom. The molecule has 0 amide bonds. The van der Waals surface area contributed by atoms with Crippen LogP contribution < -0.4 is 0 Å². The number of benzene rings is 6. The summed E-state index contributed by atoms with van der Waals surface area (Å²) in [5.41, 5.74) is 8.02. The van der Waals surface area contributed by atoms with Gasteiger partial charge in [0.25, 0.3) is 0 Å². The van der Waals surface area contributed by atoms with E-state index in [0.29, 0.717) is 11.4 Å². The highest BCUT2D eigenvalue weighted by molar-refractivity contribution is 5.76. The molecule has 0 aliphatic heterocycles. The fraction of sp³-hybridized carbons (Fsp3) is 0.143. The number of hydrogen-bond donors (Lipinski definition) is 2. The number of nitrogens with zero attached hydrogens (tertiary/aromatic N) is 6. The molecule has 6 aromatic carbocycles. The summed E-state index contributed by atoms with van der Waals surface area (Å²) in [4.78, 5) is 1.56. The summed E-state index contributed by atoms with van der Waals surface area (Å²) in [7, 11) is 0. The van der Waals surface area contributed by atoms with E-state index in [0.717, 1.165) is 38.8 Å². The van der Waals surface area contributed by atoms with Crippen LogP contribution in [0.4, 0.5) is 0 Å². The van der Waals surface area contributed by atoms with Crippen LogP contribution in [0, 0.1) is 0 Å². The van der Waals surface area contributed by atoms with E-state index >= 15 is 0 Å². The molecule has 0 saturated carbocycles. The van der Waals surface area contributed by atoms with Gasteiger partial charge < -0.3 is 10.2 Å². The average Bonchev–Trinajstić information content (AvgIpc) is 3.78. The summed E-state index contributed by atoms with van der Waals surface area (Å²) in [6, 6.07) is 47.4. The molecule has 8 heteroatoms. The highest BCUT2D eigenvalue weighted by Crippen LogP contribution is 2.44. The zero-order valence-corrected chi connectivity index (χ0v) is 28.4. The predicted octanol–water partition coefficient (Wildman–Crippen LogP) is 8.90. The van der Waals surface area contributed by atoms with Gasteiger partial charge in [-0.1, -0.05) is 136 Å². The van der Waals surface area contributed by atoms with Crippen LogP contribution in [0.2, 0.25) is 0 Å². The minimum atomic E-state index is -0.435. The lowest BCUT2D eigenvalue weighted by molar-refractivity contribution is 0.445. The van der Waals surface area contributed by atoms with Crippen LogP contribution in [0.25, 0.3) is 33.4 Å². The molecule has 2 N–H and O–H groups in total. The second-order valence-electron chi connectivity index (χ2n) is 13.3. The first-order valence-corrected chi connectivity index (χ1v) is 16.5. The smallest absolute Gasteiger partial charge is 0.147 e. The molecule has 0 radical (unpaired) electrons. The topological polar surface area (TPSA) is 102 Å². The van der Waals surface area contributed by atoms with Gasteiger partial charge in [-0.25, -0.2) is 4.68 Å². The number of para-hydroxylation sites is 3. The van der Waals surface area contributed by atoms with E-state index in [9.17, 15) is 10.2 Å². The lowest BCUT2D eigenvalue weighted by atomic mass is 9.72. The third-order valence-electron chi connectivity index (χ3n) is 9.44. The minimum Gasteiger partial charge on any atom is -0.506 e. The van der Waals surface area contributed by atoms with Gasteiger partial charge in [-0.15, -0.1) is 20.1 Å². The number of phenolic OH excluding ortho intramolecular Hbond substituents is 2. The fourth-order valence-corrected chi connectivity index (χ4v) is 6.30. The van der Waals surface area contributed by atoms with Crippen LogP contribution in [0.5, 0.6) is 11.5 Å². The summed E-state index contributed by atoms with van der Waals surface area (Å²) in [5.74, 6) is 0.389. The highest BCUT2D eigenvalue weighted by Gasteiger charge is 2.32. The van der Waals surface area contributed by atoms with Gasteiger partial charge in [-0.05, 0) is 59.2 Å². The molecule has 0 atom stereocenters. The van der Waals surface area contributed by atoms with Crippen molar-refractivity contribution in [1.82, 2.24) is 30.0 Å². The number of fused-ring (bicyclic) bond motifs is 2. The Morgan fingerprint density at radius 3 is 1.64 bits per heavy atom. The normalized spacial score (nSPS) is 11.8. The molecule has 8 aromatic rings. The molecule has 248 valence electrons. The van der Waals surface area contributed by atoms with E-state index in [-0.39, 0.29) is 16.9 Å². The maximum Gasteiger partial charge on any atom is 0.147 e. The van der Waals surface area contributed by atoms with Crippen molar-refractivity contribution in [3.63, 3.8) is 0 Å². The van der Waals surface area contributed by atoms with Crippen molar-refractivity contribution in [2.24, 2.45) is 0 Å². The molecule has 0 aliphatic rings. The average molecular weight is 659 g/mol. The molecule has 0 fully saturated rings. The van der Waals surface area contributed by atoms with Crippen LogP contribution in [0.1, 0.15) is 49.9 Å². The van der Waals surface area contributed by atoms with Crippen LogP contribution >= 0.6 is 0 Å². The van der Waals surface area contributed by atoms with Crippen LogP contribution in [-0.4, -0.2) is 40.2 Å². The van der Waals surface area contributed by atoms with Crippen molar-refractivity contribution in [2.45, 2.75) is 38.5 Å². The zero-order chi connectivity index (χ0) is 34.9. The molecule has 2 heterocycles.